The molecule has 0 spiro atoms. The number of carbonyl (C=O) groups is 1. The molecule has 1 N–H and O–H groups in total. The van der Waals surface area contributed by atoms with Crippen molar-refractivity contribution in [3.63, 3.8) is 0 Å². The van der Waals surface area contributed by atoms with Crippen LogP contribution in [0.2, 0.25) is 0 Å². The molecular weight excluding hydrogens is 446 g/mol. The van der Waals surface area contributed by atoms with Gasteiger partial charge in [0, 0.05) is 43.5 Å². The Kier molecular flexibility index (Phi) is 5.73. The van der Waals surface area contributed by atoms with Gasteiger partial charge in [-0.05, 0) is 45.9 Å². The van der Waals surface area contributed by atoms with Crippen LogP contribution in [-0.2, 0) is 0 Å². The van der Waals surface area contributed by atoms with Gasteiger partial charge in [0.25, 0.3) is 5.91 Å². The van der Waals surface area contributed by atoms with Crippen molar-refractivity contribution >= 4 is 33.2 Å². The second-order valence-corrected chi connectivity index (χ2v) is 10.6. The van der Waals surface area contributed by atoms with E-state index in [9.17, 15) is 4.79 Å². The fourth-order valence-corrected chi connectivity index (χ4v) is 5.03. The van der Waals surface area contributed by atoms with Gasteiger partial charge < -0.3 is 15.1 Å². The number of amides is 1. The van der Waals surface area contributed by atoms with E-state index in [1.54, 1.807) is 23.6 Å². The molecule has 1 aliphatic rings. The van der Waals surface area contributed by atoms with E-state index >= 15 is 0 Å². The van der Waals surface area contributed by atoms with Gasteiger partial charge in [-0.3, -0.25) is 9.78 Å². The van der Waals surface area contributed by atoms with Crippen molar-refractivity contribution < 1.29 is 4.79 Å². The average molecular weight is 476 g/mol. The van der Waals surface area contributed by atoms with Gasteiger partial charge in [0.1, 0.15) is 11.4 Å². The van der Waals surface area contributed by atoms with Crippen LogP contribution in [-0.4, -0.2) is 62.1 Å². The lowest BCUT2D eigenvalue weighted by Crippen LogP contribution is -2.49. The van der Waals surface area contributed by atoms with E-state index in [4.69, 9.17) is 10.1 Å². The fraction of sp³-hybridized carbons (Fsp3) is 0.360. The number of hydrogen-bond donors (Lipinski definition) is 1. The standard InChI is InChI=1S/C25H29N7OS/c1-17-8-7-9-18(16-17)20-21(28-25(2,3)4)32-23(27-20)34-24(29-32)31-14-12-30(13-15-31)22(33)19-10-5-6-11-26-19/h5-11,16,28H,12-15H2,1-4H3. The lowest BCUT2D eigenvalue weighted by molar-refractivity contribution is 0.0741. The first kappa shape index (κ1) is 22.3. The number of fused-ring (bicyclic) bond motifs is 1. The summed E-state index contributed by atoms with van der Waals surface area (Å²) in [5.74, 6) is 0.883. The van der Waals surface area contributed by atoms with Crippen molar-refractivity contribution in [1.82, 2.24) is 24.5 Å². The average Bonchev–Trinajstić information content (AvgIpc) is 3.38. The molecule has 0 bridgehead atoms. The van der Waals surface area contributed by atoms with Crippen LogP contribution >= 0.6 is 11.3 Å². The van der Waals surface area contributed by atoms with Gasteiger partial charge in [-0.15, -0.1) is 5.10 Å². The highest BCUT2D eigenvalue weighted by molar-refractivity contribution is 7.20. The summed E-state index contributed by atoms with van der Waals surface area (Å²) in [7, 11) is 0. The van der Waals surface area contributed by atoms with Crippen LogP contribution in [0.5, 0.6) is 0 Å². The second-order valence-electron chi connectivity index (χ2n) is 9.63. The molecule has 3 aromatic heterocycles. The van der Waals surface area contributed by atoms with E-state index in [2.05, 4.69) is 67.2 Å². The Hall–Kier alpha value is -3.46. The molecule has 1 saturated heterocycles. The maximum atomic E-state index is 12.7. The van der Waals surface area contributed by atoms with E-state index < -0.39 is 0 Å². The Balaban J connectivity index is 1.40. The van der Waals surface area contributed by atoms with Crippen LogP contribution in [0.25, 0.3) is 16.2 Å². The Morgan fingerprint density at radius 2 is 1.85 bits per heavy atom. The molecule has 1 aromatic carbocycles. The third-order valence-electron chi connectivity index (χ3n) is 5.70. The molecule has 4 heterocycles. The van der Waals surface area contributed by atoms with Crippen molar-refractivity contribution in [2.45, 2.75) is 33.2 Å². The maximum Gasteiger partial charge on any atom is 0.272 e. The van der Waals surface area contributed by atoms with Gasteiger partial charge in [0.15, 0.2) is 5.82 Å². The predicted octanol–water partition coefficient (Wildman–Crippen LogP) is 4.33. The summed E-state index contributed by atoms with van der Waals surface area (Å²) < 4.78 is 1.92. The number of hydrogen-bond acceptors (Lipinski definition) is 7. The normalized spacial score (nSPS) is 14.6. The van der Waals surface area contributed by atoms with E-state index in [0.29, 0.717) is 18.8 Å². The number of nitrogens with zero attached hydrogens (tertiary/aromatic N) is 6. The summed E-state index contributed by atoms with van der Waals surface area (Å²) in [6.45, 7) is 11.2. The molecular formula is C25H29N7OS. The van der Waals surface area contributed by atoms with E-state index in [0.717, 1.165) is 40.3 Å². The fourth-order valence-electron chi connectivity index (χ4n) is 4.08. The molecule has 0 aliphatic carbocycles. The van der Waals surface area contributed by atoms with Gasteiger partial charge in [0.05, 0.1) is 0 Å². The molecule has 5 rings (SSSR count). The van der Waals surface area contributed by atoms with Crippen molar-refractivity contribution in [3.8, 4) is 11.3 Å². The molecule has 1 aliphatic heterocycles. The molecule has 176 valence electrons. The summed E-state index contributed by atoms with van der Waals surface area (Å²) in [5.41, 5.74) is 3.53. The Morgan fingerprint density at radius 3 is 2.53 bits per heavy atom. The first-order chi connectivity index (χ1) is 16.3. The molecule has 8 nitrogen and oxygen atoms in total. The lowest BCUT2D eigenvalue weighted by atomic mass is 10.1. The minimum atomic E-state index is -0.143. The Morgan fingerprint density at radius 1 is 1.06 bits per heavy atom. The van der Waals surface area contributed by atoms with Gasteiger partial charge in [0.2, 0.25) is 10.1 Å². The highest BCUT2D eigenvalue weighted by Gasteiger charge is 2.27. The summed E-state index contributed by atoms with van der Waals surface area (Å²) in [6, 6.07) is 13.8. The number of aromatic nitrogens is 4. The van der Waals surface area contributed by atoms with Crippen LogP contribution in [0, 0.1) is 6.92 Å². The number of piperazine rings is 1. The minimum Gasteiger partial charge on any atom is -0.364 e. The van der Waals surface area contributed by atoms with Gasteiger partial charge in [-0.25, -0.2) is 4.98 Å². The molecule has 0 saturated carbocycles. The molecule has 9 heteroatoms. The van der Waals surface area contributed by atoms with Gasteiger partial charge in [-0.2, -0.15) is 4.52 Å². The molecule has 0 unspecified atom stereocenters. The molecule has 34 heavy (non-hydrogen) atoms. The van der Waals surface area contributed by atoms with E-state index in [1.165, 1.54) is 5.56 Å². The number of benzene rings is 1. The smallest absolute Gasteiger partial charge is 0.272 e. The number of anilines is 2. The largest absolute Gasteiger partial charge is 0.364 e. The number of pyridine rings is 1. The minimum absolute atomic E-state index is 0.0198. The zero-order valence-electron chi connectivity index (χ0n) is 19.9. The Bertz CT molecular complexity index is 1310. The van der Waals surface area contributed by atoms with E-state index in [1.807, 2.05) is 21.5 Å². The highest BCUT2D eigenvalue weighted by atomic mass is 32.1. The number of carbonyl (C=O) groups excluding carboxylic acids is 1. The monoisotopic (exact) mass is 475 g/mol. The number of rotatable bonds is 4. The first-order valence-electron chi connectivity index (χ1n) is 11.5. The highest BCUT2D eigenvalue weighted by Crippen LogP contribution is 2.35. The van der Waals surface area contributed by atoms with Crippen molar-refractivity contribution in [2.24, 2.45) is 0 Å². The first-order valence-corrected chi connectivity index (χ1v) is 12.3. The zero-order valence-corrected chi connectivity index (χ0v) is 20.8. The zero-order chi connectivity index (χ0) is 23.9. The second kappa shape index (κ2) is 8.72. The third kappa shape index (κ3) is 4.48. The van der Waals surface area contributed by atoms with Crippen LogP contribution in [0.3, 0.4) is 0 Å². The molecule has 0 radical (unpaired) electrons. The summed E-state index contributed by atoms with van der Waals surface area (Å²) in [6.07, 6.45) is 1.66. The van der Waals surface area contributed by atoms with E-state index in [-0.39, 0.29) is 11.4 Å². The summed E-state index contributed by atoms with van der Waals surface area (Å²) in [4.78, 5) is 26.8. The molecule has 0 atom stereocenters. The quantitative estimate of drug-likeness (QED) is 0.473. The SMILES string of the molecule is Cc1cccc(-c2nc3sc(N4CCN(C(=O)c5ccccn5)CC4)nn3c2NC(C)(C)C)c1. The van der Waals surface area contributed by atoms with Crippen molar-refractivity contribution in [2.75, 3.05) is 36.4 Å². The summed E-state index contributed by atoms with van der Waals surface area (Å²) in [5, 5.41) is 9.47. The van der Waals surface area contributed by atoms with Crippen molar-refractivity contribution in [3.05, 3.63) is 59.9 Å². The van der Waals surface area contributed by atoms with Crippen LogP contribution in [0.1, 0.15) is 36.8 Å². The van der Waals surface area contributed by atoms with Gasteiger partial charge in [-0.1, -0.05) is 41.2 Å². The predicted molar refractivity (Wildman–Crippen MR) is 137 cm³/mol. The Labute approximate surface area is 203 Å². The number of imidazole rings is 1. The van der Waals surface area contributed by atoms with Crippen LogP contribution in [0.4, 0.5) is 10.9 Å². The van der Waals surface area contributed by atoms with Gasteiger partial charge >= 0.3 is 0 Å². The molecule has 1 fully saturated rings. The summed E-state index contributed by atoms with van der Waals surface area (Å²) >= 11 is 1.58. The van der Waals surface area contributed by atoms with Crippen molar-refractivity contribution in [1.29, 1.82) is 0 Å². The maximum absolute atomic E-state index is 12.7. The lowest BCUT2D eigenvalue weighted by Gasteiger charge is -2.34. The molecule has 4 aromatic rings. The molecule has 1 amide bonds. The topological polar surface area (TPSA) is 78.7 Å². The van der Waals surface area contributed by atoms with Crippen LogP contribution < -0.4 is 10.2 Å². The van der Waals surface area contributed by atoms with Crippen LogP contribution in [0.15, 0.2) is 48.7 Å². The third-order valence-corrected chi connectivity index (χ3v) is 6.67. The number of nitrogens with one attached hydrogen (secondary N) is 1. The number of aryl methyl sites for hydroxylation is 1.